The van der Waals surface area contributed by atoms with Gasteiger partial charge in [-0.2, -0.15) is 0 Å². The summed E-state index contributed by atoms with van der Waals surface area (Å²) in [6.45, 7) is 4.81. The van der Waals surface area contributed by atoms with E-state index in [0.717, 1.165) is 0 Å². The van der Waals surface area contributed by atoms with Crippen LogP contribution in [0.5, 0.6) is 0 Å². The molecule has 0 nitrogen and oxygen atoms in total. The van der Waals surface area contributed by atoms with Crippen LogP contribution in [0.1, 0.15) is 25.0 Å². The van der Waals surface area contributed by atoms with Crippen molar-refractivity contribution < 1.29 is 0 Å². The van der Waals surface area contributed by atoms with Gasteiger partial charge in [-0.15, -0.1) is 0 Å². The van der Waals surface area contributed by atoms with Gasteiger partial charge in [0.2, 0.25) is 0 Å². The molecule has 0 atom stereocenters. The van der Waals surface area contributed by atoms with Crippen molar-refractivity contribution in [2.24, 2.45) is 0 Å². The van der Waals surface area contributed by atoms with E-state index in [-0.39, 0.29) is 5.41 Å². The zero-order valence-corrected chi connectivity index (χ0v) is 43.9. The predicted molar refractivity (Wildman–Crippen MR) is 336 cm³/mol. The van der Waals surface area contributed by atoms with Gasteiger partial charge < -0.3 is 0 Å². The minimum absolute atomic E-state index is 0.192. The average molecular weight is 999 g/mol. The van der Waals surface area contributed by atoms with Gasteiger partial charge in [0.05, 0.1) is 0 Å². The molecule has 0 amide bonds. The number of fused-ring (bicyclic) bond motifs is 11. The van der Waals surface area contributed by atoms with Crippen molar-refractivity contribution in [3.8, 4) is 122 Å². The second-order valence-corrected chi connectivity index (χ2v) is 22.5. The van der Waals surface area contributed by atoms with Crippen LogP contribution in [0.2, 0.25) is 0 Å². The lowest BCUT2D eigenvalue weighted by Gasteiger charge is -2.23. The topological polar surface area (TPSA) is 0 Å². The summed E-state index contributed by atoms with van der Waals surface area (Å²) in [6.07, 6.45) is 0. The molecule has 0 saturated heterocycles. The number of rotatable bonds is 6. The molecule has 14 aromatic rings. The van der Waals surface area contributed by atoms with E-state index in [1.165, 1.54) is 177 Å². The van der Waals surface area contributed by atoms with Crippen LogP contribution in [-0.4, -0.2) is 0 Å². The molecular formula is C79H50. The minimum Gasteiger partial charge on any atom is -0.0622 e. The summed E-state index contributed by atoms with van der Waals surface area (Å²) >= 11 is 0. The summed E-state index contributed by atoms with van der Waals surface area (Å²) in [5, 5.41) is 10.4. The maximum atomic E-state index is 2.46. The van der Waals surface area contributed by atoms with Gasteiger partial charge in [0.15, 0.2) is 0 Å². The highest BCUT2D eigenvalue weighted by Gasteiger charge is 2.37. The Labute approximate surface area is 460 Å². The van der Waals surface area contributed by atoms with Crippen molar-refractivity contribution in [2.75, 3.05) is 0 Å². The first kappa shape index (κ1) is 44.3. The van der Waals surface area contributed by atoms with Crippen LogP contribution in [-0.2, 0) is 5.41 Å². The molecule has 79 heavy (non-hydrogen) atoms. The molecule has 0 aliphatic heterocycles. The molecule has 0 unspecified atom stereocenters. The Bertz CT molecular complexity index is 4600. The summed E-state index contributed by atoms with van der Waals surface area (Å²) in [5.41, 5.74) is 30.9. The minimum atomic E-state index is -0.192. The molecule has 3 aliphatic rings. The predicted octanol–water partition coefficient (Wildman–Crippen LogP) is 21.9. The summed E-state index contributed by atoms with van der Waals surface area (Å²) in [6, 6.07) is 100. The molecule has 366 valence electrons. The van der Waals surface area contributed by atoms with Gasteiger partial charge in [-0.3, -0.25) is 0 Å². The van der Waals surface area contributed by atoms with E-state index in [4.69, 9.17) is 0 Å². The van der Waals surface area contributed by atoms with Gasteiger partial charge in [0.1, 0.15) is 0 Å². The molecule has 0 heterocycles. The highest BCUT2D eigenvalue weighted by molar-refractivity contribution is 6.29. The summed E-state index contributed by atoms with van der Waals surface area (Å²) < 4.78 is 0. The SMILES string of the molecule is CC1(C)c2cc(-c3ccc(-c4c5c(c(-c6ccccc6)c6ccccc46)-c4cccc6cccc-5c46)cc3)ccc2-c2ccc(-c3ccc(-c4c5c(c(-c6ccccc6)c6ccccc46)-c4cccc6cccc-5c46)cc3)cc21. The molecule has 0 bridgehead atoms. The maximum Gasteiger partial charge on any atom is 0.0159 e. The van der Waals surface area contributed by atoms with E-state index in [1.54, 1.807) is 0 Å². The number of benzene rings is 14. The molecule has 0 fully saturated rings. The normalized spacial score (nSPS) is 13.0. The van der Waals surface area contributed by atoms with Crippen LogP contribution >= 0.6 is 0 Å². The van der Waals surface area contributed by atoms with Gasteiger partial charge in [-0.05, 0) is 189 Å². The van der Waals surface area contributed by atoms with Gasteiger partial charge in [0.25, 0.3) is 0 Å². The van der Waals surface area contributed by atoms with Crippen molar-refractivity contribution in [1.29, 1.82) is 0 Å². The van der Waals surface area contributed by atoms with Crippen LogP contribution in [0, 0.1) is 0 Å². The van der Waals surface area contributed by atoms with E-state index in [0.29, 0.717) is 0 Å². The van der Waals surface area contributed by atoms with Crippen LogP contribution in [0.15, 0.2) is 267 Å². The standard InChI is InChI=1S/C79H50/c1-79(2)67-45-55(47-33-37-53(38-34-47)73-61-27-11-9-25-59(61)71(51-17-5-3-6-18-51)75-63-29-13-21-49-23-15-31-65(69(49)63)77(73)75)41-43-57(67)58-44-42-56(46-68(58)79)48-35-39-54(40-36-48)74-62-28-12-10-26-60(62)72(52-19-7-4-8-20-52)76-64-30-14-22-50-24-16-32-66(70(50)64)78(74)76/h3-46H,1-2H3. The molecule has 0 radical (unpaired) electrons. The molecular weight excluding hydrogens is 949 g/mol. The number of hydrogen-bond donors (Lipinski definition) is 0. The van der Waals surface area contributed by atoms with Crippen molar-refractivity contribution in [2.45, 2.75) is 19.3 Å². The van der Waals surface area contributed by atoms with Crippen LogP contribution in [0.25, 0.3) is 165 Å². The fourth-order valence-corrected chi connectivity index (χ4v) is 14.6. The van der Waals surface area contributed by atoms with E-state index in [1.807, 2.05) is 0 Å². The monoisotopic (exact) mass is 998 g/mol. The highest BCUT2D eigenvalue weighted by atomic mass is 14.4. The van der Waals surface area contributed by atoms with E-state index >= 15 is 0 Å². The molecule has 0 heteroatoms. The molecule has 14 aromatic carbocycles. The first-order valence-electron chi connectivity index (χ1n) is 27.8. The fraction of sp³-hybridized carbons (Fsp3) is 0.0380. The Hall–Kier alpha value is -9.88. The first-order valence-corrected chi connectivity index (χ1v) is 27.8. The smallest absolute Gasteiger partial charge is 0.0159 e. The fourth-order valence-electron chi connectivity index (χ4n) is 14.6. The molecule has 0 saturated carbocycles. The lowest BCUT2D eigenvalue weighted by Crippen LogP contribution is -2.15. The average Bonchev–Trinajstić information content (AvgIpc) is 4.33. The number of hydrogen-bond acceptors (Lipinski definition) is 0. The van der Waals surface area contributed by atoms with Gasteiger partial charge in [0, 0.05) is 5.41 Å². The first-order chi connectivity index (χ1) is 39.0. The Balaban J connectivity index is 0.731. The molecule has 0 aromatic heterocycles. The molecule has 0 N–H and O–H groups in total. The zero-order chi connectivity index (χ0) is 52.1. The Morgan fingerprint density at radius 2 is 0.481 bits per heavy atom. The summed E-state index contributed by atoms with van der Waals surface area (Å²) in [5.74, 6) is 0. The highest BCUT2D eigenvalue weighted by Crippen LogP contribution is 2.60. The maximum absolute atomic E-state index is 2.46. The summed E-state index contributed by atoms with van der Waals surface area (Å²) in [7, 11) is 0. The lowest BCUT2D eigenvalue weighted by molar-refractivity contribution is 0.661. The van der Waals surface area contributed by atoms with Crippen LogP contribution in [0.4, 0.5) is 0 Å². The van der Waals surface area contributed by atoms with Crippen LogP contribution < -0.4 is 0 Å². The second-order valence-electron chi connectivity index (χ2n) is 22.5. The summed E-state index contributed by atoms with van der Waals surface area (Å²) in [4.78, 5) is 0. The van der Waals surface area contributed by atoms with Crippen molar-refractivity contribution in [1.82, 2.24) is 0 Å². The molecule has 0 spiro atoms. The van der Waals surface area contributed by atoms with E-state index in [9.17, 15) is 0 Å². The third kappa shape index (κ3) is 6.26. The lowest BCUT2D eigenvalue weighted by atomic mass is 9.80. The largest absolute Gasteiger partial charge is 0.0622 e. The zero-order valence-electron chi connectivity index (χ0n) is 43.9. The van der Waals surface area contributed by atoms with E-state index in [2.05, 4.69) is 281 Å². The quantitative estimate of drug-likeness (QED) is 0.156. The second kappa shape index (κ2) is 16.6. The Morgan fingerprint density at radius 3 is 0.810 bits per heavy atom. The van der Waals surface area contributed by atoms with Crippen LogP contribution in [0.3, 0.4) is 0 Å². The van der Waals surface area contributed by atoms with E-state index < -0.39 is 0 Å². The third-order valence-corrected chi connectivity index (χ3v) is 18.1. The van der Waals surface area contributed by atoms with Crippen molar-refractivity contribution in [3.05, 3.63) is 278 Å². The molecule has 3 aliphatic carbocycles. The van der Waals surface area contributed by atoms with Gasteiger partial charge in [-0.25, -0.2) is 0 Å². The van der Waals surface area contributed by atoms with Gasteiger partial charge >= 0.3 is 0 Å². The third-order valence-electron chi connectivity index (χ3n) is 18.1. The Kier molecular flexibility index (Phi) is 9.28. The van der Waals surface area contributed by atoms with Crippen molar-refractivity contribution in [3.63, 3.8) is 0 Å². The Morgan fingerprint density at radius 1 is 0.203 bits per heavy atom. The molecule has 17 rings (SSSR count). The van der Waals surface area contributed by atoms with Crippen molar-refractivity contribution >= 4 is 43.1 Å². The van der Waals surface area contributed by atoms with Gasteiger partial charge in [-0.1, -0.05) is 269 Å².